The van der Waals surface area contributed by atoms with Gasteiger partial charge < -0.3 is 19.2 Å². The second-order valence-electron chi connectivity index (χ2n) is 24.7. The predicted octanol–water partition coefficient (Wildman–Crippen LogP) is 23.3. The SMILES string of the molecule is CC(C)(C)c1ccc(-c2ccc(N(c3ccc4ccccc4c3)c3ccc4c5c(oc4c3)-c3cccc4cc6c([nH]c7c8ccc(N(c9ccc(-c%10ccc(C(C)(C)C)cc%10)cc9)c9ccc%10ccccc%10c9)cc8sc67)c-5c34)cc2)cc1. The molecule has 0 amide bonds. The van der Waals surface area contributed by atoms with Crippen molar-refractivity contribution in [1.29, 1.82) is 0 Å². The van der Waals surface area contributed by atoms with Gasteiger partial charge in [0.15, 0.2) is 0 Å². The van der Waals surface area contributed by atoms with Crippen molar-refractivity contribution in [2.75, 3.05) is 9.80 Å². The molecule has 1 aliphatic rings. The van der Waals surface area contributed by atoms with Gasteiger partial charge in [-0.3, -0.25) is 0 Å². The molecule has 3 aromatic heterocycles. The number of hydrogen-bond donors (Lipinski definition) is 1. The van der Waals surface area contributed by atoms with E-state index in [1.54, 1.807) is 0 Å². The van der Waals surface area contributed by atoms with E-state index in [-0.39, 0.29) is 10.8 Å². The van der Waals surface area contributed by atoms with E-state index in [1.165, 1.54) is 97.0 Å². The van der Waals surface area contributed by atoms with Crippen molar-refractivity contribution in [2.24, 2.45) is 0 Å². The second kappa shape index (κ2) is 18.4. The quantitative estimate of drug-likeness (QED) is 0.165. The van der Waals surface area contributed by atoms with Crippen LogP contribution in [0, 0.1) is 0 Å². The Kier molecular flexibility index (Phi) is 10.9. The van der Waals surface area contributed by atoms with Crippen molar-refractivity contribution in [3.8, 4) is 44.7 Å². The summed E-state index contributed by atoms with van der Waals surface area (Å²) < 4.78 is 9.63. The van der Waals surface area contributed by atoms with E-state index in [2.05, 4.69) is 299 Å². The molecule has 0 atom stereocenters. The Morgan fingerprint density at radius 1 is 0.361 bits per heavy atom. The van der Waals surface area contributed by atoms with Crippen molar-refractivity contribution in [3.63, 3.8) is 0 Å². The largest absolute Gasteiger partial charge is 0.455 e. The number of aromatic nitrogens is 1. The molecule has 1 N–H and O–H groups in total. The summed E-state index contributed by atoms with van der Waals surface area (Å²) >= 11 is 1.87. The third-order valence-electron chi connectivity index (χ3n) is 17.4. The van der Waals surface area contributed by atoms with Crippen molar-refractivity contribution in [2.45, 2.75) is 52.4 Å². The first-order chi connectivity index (χ1) is 40.4. The van der Waals surface area contributed by atoms with Gasteiger partial charge in [0.1, 0.15) is 11.3 Å². The number of anilines is 6. The van der Waals surface area contributed by atoms with Crippen LogP contribution in [0.2, 0.25) is 0 Å². The Balaban J connectivity index is 0.791. The highest BCUT2D eigenvalue weighted by Gasteiger charge is 2.32. The minimum absolute atomic E-state index is 0.0992. The number of nitrogens with zero attached hydrogens (tertiary/aromatic N) is 2. The van der Waals surface area contributed by atoms with Gasteiger partial charge in [-0.2, -0.15) is 0 Å². The van der Waals surface area contributed by atoms with Crippen LogP contribution in [0.3, 0.4) is 0 Å². The molecule has 4 nitrogen and oxygen atoms in total. The van der Waals surface area contributed by atoms with Crippen molar-refractivity contribution < 1.29 is 4.42 Å². The van der Waals surface area contributed by atoms with Crippen LogP contribution in [0.1, 0.15) is 52.7 Å². The number of hydrogen-bond acceptors (Lipinski definition) is 4. The highest BCUT2D eigenvalue weighted by molar-refractivity contribution is 7.26. The number of nitrogens with one attached hydrogen (secondary N) is 1. The van der Waals surface area contributed by atoms with Crippen LogP contribution in [0.4, 0.5) is 34.1 Å². The van der Waals surface area contributed by atoms with Crippen molar-refractivity contribution in [1.82, 2.24) is 4.98 Å². The lowest BCUT2D eigenvalue weighted by atomic mass is 9.86. The average molecular weight is 1090 g/mol. The third kappa shape index (κ3) is 8.08. The number of furan rings is 1. The average Bonchev–Trinajstić information content (AvgIpc) is 1.82. The fourth-order valence-corrected chi connectivity index (χ4v) is 14.2. The summed E-state index contributed by atoms with van der Waals surface area (Å²) in [4.78, 5) is 8.83. The lowest BCUT2D eigenvalue weighted by molar-refractivity contribution is 0.590. The van der Waals surface area contributed by atoms with Crippen LogP contribution in [-0.4, -0.2) is 4.98 Å². The zero-order valence-electron chi connectivity index (χ0n) is 47.3. The standard InChI is InChI=1S/C78H59N3OS/c1-77(2,3)56-28-18-49(19-29-56)51-22-32-58(33-23-51)80(60-36-26-47-12-7-9-14-53(47)42-60)62-38-40-64-68(45-62)82-75-66-17-11-16-55-44-67-73(72(70(55)66)71(64)75)79-74-65-41-39-63(46-69(65)83-76(67)74)81(61-37-27-48-13-8-10-15-54(48)43-61)59-34-24-52(25-35-59)50-20-30-57(31-21-50)78(4,5)6/h7-46,79H,1-6H3. The molecule has 0 bridgehead atoms. The van der Waals surface area contributed by atoms with Crippen LogP contribution in [0.25, 0.3) is 119 Å². The molecular formula is C78H59N3OS. The molecule has 16 rings (SSSR count). The molecule has 0 saturated heterocycles. The summed E-state index contributed by atoms with van der Waals surface area (Å²) in [6, 6.07) is 89.7. The van der Waals surface area contributed by atoms with Gasteiger partial charge in [0.05, 0.1) is 15.7 Å². The maximum Gasteiger partial charge on any atom is 0.143 e. The van der Waals surface area contributed by atoms with Gasteiger partial charge in [0.25, 0.3) is 0 Å². The van der Waals surface area contributed by atoms with Crippen molar-refractivity contribution in [3.05, 3.63) is 254 Å². The number of H-pyrrole nitrogens is 1. The van der Waals surface area contributed by atoms with Gasteiger partial charge in [0.2, 0.25) is 0 Å². The molecule has 1 aliphatic carbocycles. The highest BCUT2D eigenvalue weighted by Crippen LogP contribution is 2.57. The van der Waals surface area contributed by atoms with Gasteiger partial charge in [-0.1, -0.05) is 193 Å². The van der Waals surface area contributed by atoms with E-state index < -0.39 is 0 Å². The molecule has 0 fully saturated rings. The summed E-state index contributed by atoms with van der Waals surface area (Å²) in [5.74, 6) is 0.928. The van der Waals surface area contributed by atoms with E-state index in [4.69, 9.17) is 4.42 Å². The molecule has 0 aliphatic heterocycles. The molecule has 0 radical (unpaired) electrons. The molecule has 0 spiro atoms. The third-order valence-corrected chi connectivity index (χ3v) is 18.6. The minimum Gasteiger partial charge on any atom is -0.455 e. The van der Waals surface area contributed by atoms with Crippen LogP contribution >= 0.6 is 11.3 Å². The van der Waals surface area contributed by atoms with Gasteiger partial charge in [-0.25, -0.2) is 0 Å². The van der Waals surface area contributed by atoms with Crippen LogP contribution in [0.5, 0.6) is 0 Å². The summed E-state index contributed by atoms with van der Waals surface area (Å²) in [6.07, 6.45) is 0. The normalized spacial score (nSPS) is 12.5. The molecule has 3 heterocycles. The van der Waals surface area contributed by atoms with E-state index in [1.807, 2.05) is 11.3 Å². The summed E-state index contributed by atoms with van der Waals surface area (Å²) in [7, 11) is 0. The van der Waals surface area contributed by atoms with E-state index in [9.17, 15) is 0 Å². The molecule has 83 heavy (non-hydrogen) atoms. The monoisotopic (exact) mass is 1090 g/mol. The summed E-state index contributed by atoms with van der Waals surface area (Å²) in [6.45, 7) is 13.6. The Labute approximate surface area is 487 Å². The van der Waals surface area contributed by atoms with Gasteiger partial charge >= 0.3 is 0 Å². The Morgan fingerprint density at radius 2 is 0.819 bits per heavy atom. The lowest BCUT2D eigenvalue weighted by Crippen LogP contribution is -2.10. The first-order valence-electron chi connectivity index (χ1n) is 28.9. The lowest BCUT2D eigenvalue weighted by Gasteiger charge is -2.26. The minimum atomic E-state index is 0.0992. The smallest absolute Gasteiger partial charge is 0.143 e. The maximum absolute atomic E-state index is 7.13. The second-order valence-corrected chi connectivity index (χ2v) is 25.7. The van der Waals surface area contributed by atoms with Gasteiger partial charge in [0, 0.05) is 83.1 Å². The fraction of sp³-hybridized carbons (Fsp3) is 0.103. The van der Waals surface area contributed by atoms with E-state index in [0.29, 0.717) is 0 Å². The number of rotatable bonds is 8. The number of fused-ring (bicyclic) bond motifs is 13. The van der Waals surface area contributed by atoms with E-state index in [0.717, 1.165) is 67.5 Å². The van der Waals surface area contributed by atoms with E-state index >= 15 is 0 Å². The molecule has 15 aromatic rings. The number of benzene rings is 12. The van der Waals surface area contributed by atoms with Crippen LogP contribution in [0.15, 0.2) is 247 Å². The maximum atomic E-state index is 7.13. The summed E-state index contributed by atoms with van der Waals surface area (Å²) in [5, 5.41) is 10.9. The zero-order valence-corrected chi connectivity index (χ0v) is 48.1. The zero-order chi connectivity index (χ0) is 55.9. The van der Waals surface area contributed by atoms with Crippen LogP contribution < -0.4 is 9.80 Å². The Bertz CT molecular complexity index is 5080. The van der Waals surface area contributed by atoms with Crippen molar-refractivity contribution >= 4 is 120 Å². The summed E-state index contributed by atoms with van der Waals surface area (Å²) in [5.41, 5.74) is 20.9. The molecule has 398 valence electrons. The molecule has 5 heteroatoms. The van der Waals surface area contributed by atoms with Gasteiger partial charge in [-0.15, -0.1) is 11.3 Å². The fourth-order valence-electron chi connectivity index (χ4n) is 13.0. The number of aromatic amines is 1. The topological polar surface area (TPSA) is 35.4 Å². The molecule has 0 saturated carbocycles. The first-order valence-corrected chi connectivity index (χ1v) is 29.7. The molecule has 12 aromatic carbocycles. The molecule has 0 unspecified atom stereocenters. The number of thiophene rings is 1. The Morgan fingerprint density at radius 3 is 1.36 bits per heavy atom. The highest BCUT2D eigenvalue weighted by atomic mass is 32.1. The first kappa shape index (κ1) is 49.2. The van der Waals surface area contributed by atoms with Gasteiger partial charge in [-0.05, 0) is 156 Å². The molecular weight excluding hydrogens is 1030 g/mol. The Hall–Kier alpha value is -9.68. The predicted molar refractivity (Wildman–Crippen MR) is 356 cm³/mol. The van der Waals surface area contributed by atoms with Crippen LogP contribution in [-0.2, 0) is 10.8 Å².